The first kappa shape index (κ1) is 11.8. The molecule has 0 saturated heterocycles. The minimum absolute atomic E-state index is 0.852. The van der Waals surface area contributed by atoms with E-state index < -0.39 is 0 Å². The lowest BCUT2D eigenvalue weighted by Gasteiger charge is -2.02. The maximum atomic E-state index is 4.42. The molecule has 15 heavy (non-hydrogen) atoms. The van der Waals surface area contributed by atoms with Crippen LogP contribution in [0.2, 0.25) is 0 Å². The van der Waals surface area contributed by atoms with Gasteiger partial charge in [0.25, 0.3) is 0 Å². The van der Waals surface area contributed by atoms with Crippen LogP contribution >= 0.6 is 0 Å². The number of aliphatic imine (C=N–C) groups is 1. The highest BCUT2D eigenvalue weighted by molar-refractivity contribution is 6.01. The molecule has 0 spiro atoms. The number of aromatic amines is 1. The average molecular weight is 204 g/mol. The van der Waals surface area contributed by atoms with Crippen molar-refractivity contribution in [2.45, 2.75) is 41.0 Å². The van der Waals surface area contributed by atoms with E-state index >= 15 is 0 Å². The zero-order chi connectivity index (χ0) is 11.6. The van der Waals surface area contributed by atoms with Crippen LogP contribution in [0.3, 0.4) is 0 Å². The maximum Gasteiger partial charge on any atom is 0.0468 e. The van der Waals surface area contributed by atoms with Crippen LogP contribution in [-0.2, 0) is 6.42 Å². The molecular formula is C13H20N2. The Morgan fingerprint density at radius 1 is 1.33 bits per heavy atom. The van der Waals surface area contributed by atoms with Crippen molar-refractivity contribution in [3.8, 4) is 0 Å². The van der Waals surface area contributed by atoms with Crippen molar-refractivity contribution >= 4 is 5.71 Å². The molecule has 0 fully saturated rings. The highest BCUT2D eigenvalue weighted by Crippen LogP contribution is 2.19. The van der Waals surface area contributed by atoms with Crippen molar-refractivity contribution in [3.63, 3.8) is 0 Å². The number of allylic oxidation sites excluding steroid dienone is 1. The third-order valence-corrected chi connectivity index (χ3v) is 2.61. The minimum Gasteiger partial charge on any atom is -0.362 e. The number of nitrogens with zero attached hydrogens (tertiary/aromatic N) is 1. The Morgan fingerprint density at radius 3 is 2.33 bits per heavy atom. The third kappa shape index (κ3) is 2.38. The van der Waals surface area contributed by atoms with E-state index in [4.69, 9.17) is 0 Å². The standard InChI is InChI=1S/C13H20N2/c1-7-12-9(4)13(11(6)15-12)10(5)14-8(2)3/h15H,2,7H2,1,3-6H3. The first-order valence-electron chi connectivity index (χ1n) is 5.36. The summed E-state index contributed by atoms with van der Waals surface area (Å²) in [5, 5.41) is 0. The zero-order valence-corrected chi connectivity index (χ0v) is 10.4. The Balaban J connectivity index is 3.25. The fourth-order valence-corrected chi connectivity index (χ4v) is 2.05. The van der Waals surface area contributed by atoms with Crippen LogP contribution in [0.15, 0.2) is 17.3 Å². The quantitative estimate of drug-likeness (QED) is 0.729. The van der Waals surface area contributed by atoms with Crippen molar-refractivity contribution in [2.75, 3.05) is 0 Å². The number of hydrogen-bond donors (Lipinski definition) is 1. The average Bonchev–Trinajstić information content (AvgIpc) is 2.40. The summed E-state index contributed by atoms with van der Waals surface area (Å²) >= 11 is 0. The molecule has 0 radical (unpaired) electrons. The van der Waals surface area contributed by atoms with Gasteiger partial charge in [-0.05, 0) is 39.7 Å². The van der Waals surface area contributed by atoms with Gasteiger partial charge in [-0.2, -0.15) is 0 Å². The number of aromatic nitrogens is 1. The number of aryl methyl sites for hydroxylation is 2. The fraction of sp³-hybridized carbons (Fsp3) is 0.462. The maximum absolute atomic E-state index is 4.42. The monoisotopic (exact) mass is 204 g/mol. The number of rotatable bonds is 3. The van der Waals surface area contributed by atoms with Crippen molar-refractivity contribution in [3.05, 3.63) is 34.8 Å². The lowest BCUT2D eigenvalue weighted by atomic mass is 10.1. The second-order valence-corrected chi connectivity index (χ2v) is 4.01. The van der Waals surface area contributed by atoms with Gasteiger partial charge in [0.15, 0.2) is 0 Å². The van der Waals surface area contributed by atoms with E-state index in [9.17, 15) is 0 Å². The van der Waals surface area contributed by atoms with Crippen molar-refractivity contribution < 1.29 is 0 Å². The molecule has 1 heterocycles. The first-order chi connectivity index (χ1) is 6.97. The summed E-state index contributed by atoms with van der Waals surface area (Å²) in [6, 6.07) is 0. The minimum atomic E-state index is 0.852. The molecule has 0 saturated carbocycles. The Kier molecular flexibility index (Phi) is 3.51. The number of nitrogens with one attached hydrogen (secondary N) is 1. The molecule has 1 aromatic rings. The van der Waals surface area contributed by atoms with Gasteiger partial charge in [-0.3, -0.25) is 4.99 Å². The molecule has 1 N–H and O–H groups in total. The predicted molar refractivity (Wildman–Crippen MR) is 66.7 cm³/mol. The Morgan fingerprint density at radius 2 is 1.93 bits per heavy atom. The van der Waals surface area contributed by atoms with E-state index in [0.29, 0.717) is 0 Å². The second-order valence-electron chi connectivity index (χ2n) is 4.01. The molecule has 0 aliphatic rings. The summed E-state index contributed by atoms with van der Waals surface area (Å²) in [6.07, 6.45) is 1.03. The second kappa shape index (κ2) is 4.47. The van der Waals surface area contributed by atoms with Crippen LogP contribution in [0.5, 0.6) is 0 Å². The first-order valence-corrected chi connectivity index (χ1v) is 5.36. The van der Waals surface area contributed by atoms with Crippen LogP contribution in [0, 0.1) is 13.8 Å². The molecule has 0 aromatic carbocycles. The Bertz CT molecular complexity index is 408. The lowest BCUT2D eigenvalue weighted by Crippen LogP contribution is -1.98. The molecule has 1 rings (SSSR count). The fourth-order valence-electron chi connectivity index (χ4n) is 2.05. The number of H-pyrrole nitrogens is 1. The van der Waals surface area contributed by atoms with Crippen molar-refractivity contribution in [1.29, 1.82) is 0 Å². The van der Waals surface area contributed by atoms with Gasteiger partial charge in [0.2, 0.25) is 0 Å². The van der Waals surface area contributed by atoms with Crippen LogP contribution < -0.4 is 0 Å². The van der Waals surface area contributed by atoms with Crippen LogP contribution in [0.1, 0.15) is 43.3 Å². The van der Waals surface area contributed by atoms with Gasteiger partial charge in [0.1, 0.15) is 0 Å². The van der Waals surface area contributed by atoms with Crippen molar-refractivity contribution in [1.82, 2.24) is 4.98 Å². The smallest absolute Gasteiger partial charge is 0.0468 e. The van der Waals surface area contributed by atoms with Gasteiger partial charge in [-0.1, -0.05) is 13.5 Å². The molecule has 2 nitrogen and oxygen atoms in total. The predicted octanol–water partition coefficient (Wildman–Crippen LogP) is 3.54. The van der Waals surface area contributed by atoms with Gasteiger partial charge < -0.3 is 4.98 Å². The zero-order valence-electron chi connectivity index (χ0n) is 10.4. The number of hydrogen-bond acceptors (Lipinski definition) is 1. The van der Waals surface area contributed by atoms with E-state index in [2.05, 4.69) is 37.3 Å². The molecule has 1 aromatic heterocycles. The summed E-state index contributed by atoms with van der Waals surface area (Å²) < 4.78 is 0. The SMILES string of the molecule is C=C(C)N=C(C)c1c(C)[nH]c(CC)c1C. The molecule has 0 aliphatic heterocycles. The third-order valence-electron chi connectivity index (χ3n) is 2.61. The molecule has 0 atom stereocenters. The molecule has 0 amide bonds. The molecule has 0 unspecified atom stereocenters. The highest BCUT2D eigenvalue weighted by Gasteiger charge is 2.12. The molecule has 2 heteroatoms. The molecule has 0 bridgehead atoms. The van der Waals surface area contributed by atoms with Gasteiger partial charge in [0, 0.05) is 28.4 Å². The summed E-state index contributed by atoms with van der Waals surface area (Å²) in [6.45, 7) is 14.2. The summed E-state index contributed by atoms with van der Waals surface area (Å²) in [5.74, 6) is 0. The van der Waals surface area contributed by atoms with E-state index in [1.54, 1.807) is 0 Å². The summed E-state index contributed by atoms with van der Waals surface area (Å²) in [5.41, 5.74) is 6.97. The summed E-state index contributed by atoms with van der Waals surface area (Å²) in [4.78, 5) is 7.83. The summed E-state index contributed by atoms with van der Waals surface area (Å²) in [7, 11) is 0. The van der Waals surface area contributed by atoms with Crippen molar-refractivity contribution in [2.24, 2.45) is 4.99 Å². The lowest BCUT2D eigenvalue weighted by molar-refractivity contribution is 1.03. The van der Waals surface area contributed by atoms with Gasteiger partial charge in [0.05, 0.1) is 0 Å². The topological polar surface area (TPSA) is 28.1 Å². The van der Waals surface area contributed by atoms with E-state index in [1.165, 1.54) is 22.5 Å². The largest absolute Gasteiger partial charge is 0.362 e. The van der Waals surface area contributed by atoms with E-state index in [1.807, 2.05) is 13.8 Å². The Hall–Kier alpha value is -1.31. The molecular weight excluding hydrogens is 184 g/mol. The van der Waals surface area contributed by atoms with Crippen LogP contribution in [0.4, 0.5) is 0 Å². The van der Waals surface area contributed by atoms with Crippen LogP contribution in [-0.4, -0.2) is 10.7 Å². The van der Waals surface area contributed by atoms with Gasteiger partial charge in [-0.25, -0.2) is 0 Å². The normalized spacial score (nSPS) is 11.9. The van der Waals surface area contributed by atoms with Gasteiger partial charge >= 0.3 is 0 Å². The van der Waals surface area contributed by atoms with Crippen LogP contribution in [0.25, 0.3) is 0 Å². The van der Waals surface area contributed by atoms with E-state index in [-0.39, 0.29) is 0 Å². The molecule has 82 valence electrons. The Labute approximate surface area is 92.1 Å². The molecule has 0 aliphatic carbocycles. The van der Waals surface area contributed by atoms with E-state index in [0.717, 1.165) is 17.8 Å². The van der Waals surface area contributed by atoms with Gasteiger partial charge in [-0.15, -0.1) is 0 Å². The highest BCUT2D eigenvalue weighted by atomic mass is 14.8.